The van der Waals surface area contributed by atoms with Crippen LogP contribution in [-0.4, -0.2) is 31.6 Å². The lowest BCUT2D eigenvalue weighted by atomic mass is 10.3. The van der Waals surface area contributed by atoms with Gasteiger partial charge in [-0.1, -0.05) is 24.3 Å². The van der Waals surface area contributed by atoms with Gasteiger partial charge in [0.05, 0.1) is 6.54 Å². The fourth-order valence-corrected chi connectivity index (χ4v) is 1.65. The van der Waals surface area contributed by atoms with Crippen molar-refractivity contribution in [2.75, 3.05) is 19.7 Å². The van der Waals surface area contributed by atoms with E-state index in [4.69, 9.17) is 4.74 Å². The largest absolute Gasteiger partial charge is 0.489 e. The van der Waals surface area contributed by atoms with Crippen molar-refractivity contribution in [1.29, 1.82) is 0 Å². The molecule has 0 spiro atoms. The minimum Gasteiger partial charge on any atom is -0.489 e. The van der Waals surface area contributed by atoms with Crippen LogP contribution < -0.4 is 15.4 Å². The first-order chi connectivity index (χ1) is 8.77. The van der Waals surface area contributed by atoms with Crippen molar-refractivity contribution in [3.8, 4) is 5.75 Å². The third-order valence-corrected chi connectivity index (χ3v) is 2.56. The van der Waals surface area contributed by atoms with Crippen LogP contribution in [0.2, 0.25) is 0 Å². The Kier molecular flexibility index (Phi) is 6.32. The summed E-state index contributed by atoms with van der Waals surface area (Å²) >= 11 is 0. The minimum absolute atomic E-state index is 0. The maximum atomic E-state index is 13.2. The molecule has 2 N–H and O–H groups in total. The number of rotatable bonds is 5. The highest BCUT2D eigenvalue weighted by molar-refractivity contribution is 5.85. The topological polar surface area (TPSA) is 50.4 Å². The first-order valence-electron chi connectivity index (χ1n) is 5.82. The number of hydrogen-bond donors (Lipinski definition) is 2. The van der Waals surface area contributed by atoms with Gasteiger partial charge in [0, 0.05) is 6.54 Å². The van der Waals surface area contributed by atoms with Gasteiger partial charge in [0.15, 0.2) is 11.6 Å². The SMILES string of the molecule is Cl.O=C(NCCOc1ccccc1F)C1C=CCN1. The third kappa shape index (κ3) is 4.54. The molecule has 104 valence electrons. The van der Waals surface area contributed by atoms with Crippen LogP contribution in [0.3, 0.4) is 0 Å². The third-order valence-electron chi connectivity index (χ3n) is 2.56. The lowest BCUT2D eigenvalue weighted by Gasteiger charge is -2.11. The molecule has 6 heteroatoms. The van der Waals surface area contributed by atoms with Crippen LogP contribution in [0.5, 0.6) is 5.75 Å². The summed E-state index contributed by atoms with van der Waals surface area (Å²) in [7, 11) is 0. The van der Waals surface area contributed by atoms with Crippen molar-refractivity contribution in [2.45, 2.75) is 6.04 Å². The zero-order chi connectivity index (χ0) is 12.8. The number of para-hydroxylation sites is 1. The second-order valence-electron chi connectivity index (χ2n) is 3.88. The molecule has 1 aromatic carbocycles. The van der Waals surface area contributed by atoms with Crippen molar-refractivity contribution in [3.05, 3.63) is 42.2 Å². The van der Waals surface area contributed by atoms with Crippen LogP contribution >= 0.6 is 12.4 Å². The first-order valence-corrected chi connectivity index (χ1v) is 5.82. The van der Waals surface area contributed by atoms with E-state index in [9.17, 15) is 9.18 Å². The number of halogens is 2. The highest BCUT2D eigenvalue weighted by atomic mass is 35.5. The van der Waals surface area contributed by atoms with Gasteiger partial charge >= 0.3 is 0 Å². The Hall–Kier alpha value is -1.59. The minimum atomic E-state index is -0.399. The molecule has 19 heavy (non-hydrogen) atoms. The number of benzene rings is 1. The molecule has 0 fully saturated rings. The molecule has 1 aliphatic rings. The lowest BCUT2D eigenvalue weighted by molar-refractivity contribution is -0.121. The Balaban J connectivity index is 0.00000180. The molecule has 0 aromatic heterocycles. The summed E-state index contributed by atoms with van der Waals surface area (Å²) in [6, 6.07) is 5.92. The van der Waals surface area contributed by atoms with Gasteiger partial charge in [0.25, 0.3) is 0 Å². The van der Waals surface area contributed by atoms with E-state index in [1.165, 1.54) is 6.07 Å². The molecule has 1 unspecified atom stereocenters. The number of carbonyl (C=O) groups excluding carboxylic acids is 1. The van der Waals surface area contributed by atoms with E-state index in [1.807, 2.05) is 12.2 Å². The second kappa shape index (κ2) is 7.76. The van der Waals surface area contributed by atoms with Crippen LogP contribution in [0.4, 0.5) is 4.39 Å². The predicted octanol–water partition coefficient (Wildman–Crippen LogP) is 1.27. The quantitative estimate of drug-likeness (QED) is 0.633. The zero-order valence-corrected chi connectivity index (χ0v) is 11.1. The molecule has 4 nitrogen and oxygen atoms in total. The normalized spacial score (nSPS) is 16.8. The summed E-state index contributed by atoms with van der Waals surface area (Å²) in [4.78, 5) is 11.6. The van der Waals surface area contributed by atoms with Crippen LogP contribution in [0, 0.1) is 5.82 Å². The molecular weight excluding hydrogens is 271 g/mol. The van der Waals surface area contributed by atoms with Crippen molar-refractivity contribution >= 4 is 18.3 Å². The van der Waals surface area contributed by atoms with Gasteiger partial charge in [-0.3, -0.25) is 10.1 Å². The van der Waals surface area contributed by atoms with Gasteiger partial charge in [-0.05, 0) is 12.1 Å². The highest BCUT2D eigenvalue weighted by Crippen LogP contribution is 2.14. The van der Waals surface area contributed by atoms with Gasteiger partial charge in [0.2, 0.25) is 5.91 Å². The summed E-state index contributed by atoms with van der Waals surface area (Å²) in [6.07, 6.45) is 3.72. The number of nitrogens with one attached hydrogen (secondary N) is 2. The van der Waals surface area contributed by atoms with Crippen molar-refractivity contribution in [3.63, 3.8) is 0 Å². The molecule has 1 atom stereocenters. The summed E-state index contributed by atoms with van der Waals surface area (Å²) in [5, 5.41) is 5.71. The standard InChI is InChI=1S/C13H15FN2O2.ClH/c14-10-4-1-2-6-12(10)18-9-8-16-13(17)11-5-3-7-15-11;/h1-6,11,15H,7-9H2,(H,16,17);1H. The summed E-state index contributed by atoms with van der Waals surface area (Å²) < 4.78 is 18.4. The van der Waals surface area contributed by atoms with E-state index >= 15 is 0 Å². The smallest absolute Gasteiger partial charge is 0.241 e. The van der Waals surface area contributed by atoms with Gasteiger partial charge in [-0.2, -0.15) is 0 Å². The maximum Gasteiger partial charge on any atom is 0.241 e. The van der Waals surface area contributed by atoms with Crippen LogP contribution in [0.25, 0.3) is 0 Å². The molecule has 1 aliphatic heterocycles. The Morgan fingerprint density at radius 3 is 2.95 bits per heavy atom. The number of hydrogen-bond acceptors (Lipinski definition) is 3. The van der Waals surface area contributed by atoms with Crippen molar-refractivity contribution in [1.82, 2.24) is 10.6 Å². The predicted molar refractivity (Wildman–Crippen MR) is 73.1 cm³/mol. The molecular formula is C13H16ClFN2O2. The average Bonchev–Trinajstić information content (AvgIpc) is 2.90. The van der Waals surface area contributed by atoms with E-state index in [-0.39, 0.29) is 36.7 Å². The fraction of sp³-hybridized carbons (Fsp3) is 0.308. The molecule has 0 bridgehead atoms. The van der Waals surface area contributed by atoms with E-state index in [2.05, 4.69) is 10.6 Å². The van der Waals surface area contributed by atoms with Crippen LogP contribution in [-0.2, 0) is 4.79 Å². The molecule has 1 amide bonds. The molecule has 2 rings (SSSR count). The number of ether oxygens (including phenoxy) is 1. The van der Waals surface area contributed by atoms with E-state index in [0.29, 0.717) is 13.1 Å². The van der Waals surface area contributed by atoms with Gasteiger partial charge in [-0.15, -0.1) is 12.4 Å². The first kappa shape index (κ1) is 15.5. The van der Waals surface area contributed by atoms with Crippen LogP contribution in [0.1, 0.15) is 0 Å². The van der Waals surface area contributed by atoms with Crippen molar-refractivity contribution < 1.29 is 13.9 Å². The number of amides is 1. The maximum absolute atomic E-state index is 13.2. The van der Waals surface area contributed by atoms with Crippen LogP contribution in [0.15, 0.2) is 36.4 Å². The summed E-state index contributed by atoms with van der Waals surface area (Å²) in [5.74, 6) is -0.296. The molecule has 1 aromatic rings. The molecule has 0 radical (unpaired) electrons. The zero-order valence-electron chi connectivity index (χ0n) is 10.3. The lowest BCUT2D eigenvalue weighted by Crippen LogP contribution is -2.41. The highest BCUT2D eigenvalue weighted by Gasteiger charge is 2.16. The summed E-state index contributed by atoms with van der Waals surface area (Å²) in [6.45, 7) is 1.30. The Labute approximate surface area is 117 Å². The van der Waals surface area contributed by atoms with Gasteiger partial charge < -0.3 is 10.1 Å². The number of carbonyl (C=O) groups is 1. The van der Waals surface area contributed by atoms with E-state index in [1.54, 1.807) is 18.2 Å². The molecule has 0 saturated heterocycles. The van der Waals surface area contributed by atoms with Gasteiger partial charge in [-0.25, -0.2) is 4.39 Å². The molecule has 1 heterocycles. The molecule has 0 saturated carbocycles. The average molecular weight is 287 g/mol. The van der Waals surface area contributed by atoms with E-state index in [0.717, 1.165) is 0 Å². The summed E-state index contributed by atoms with van der Waals surface area (Å²) in [5.41, 5.74) is 0. The van der Waals surface area contributed by atoms with E-state index < -0.39 is 5.82 Å². The molecule has 0 aliphatic carbocycles. The van der Waals surface area contributed by atoms with Crippen molar-refractivity contribution in [2.24, 2.45) is 0 Å². The fourth-order valence-electron chi connectivity index (χ4n) is 1.65. The second-order valence-corrected chi connectivity index (χ2v) is 3.88. The Morgan fingerprint density at radius 1 is 1.47 bits per heavy atom. The van der Waals surface area contributed by atoms with Gasteiger partial charge in [0.1, 0.15) is 12.6 Å². The monoisotopic (exact) mass is 286 g/mol. The Bertz CT molecular complexity index is 454. The Morgan fingerprint density at radius 2 is 2.26 bits per heavy atom.